The number of aliphatic carboxylic acids is 1. The first-order valence-electron chi connectivity index (χ1n) is 5.52. The summed E-state index contributed by atoms with van der Waals surface area (Å²) in [4.78, 5) is 21.7. The molecule has 1 atom stereocenters. The largest absolute Gasteiger partial charge is 0.481 e. The van der Waals surface area contributed by atoms with Crippen molar-refractivity contribution in [1.29, 1.82) is 0 Å². The number of carbonyl (C=O) groups is 2. The van der Waals surface area contributed by atoms with Crippen LogP contribution in [-0.2, 0) is 9.59 Å². The van der Waals surface area contributed by atoms with Crippen molar-refractivity contribution in [3.8, 4) is 0 Å². The molecule has 0 bridgehead atoms. The van der Waals surface area contributed by atoms with Crippen LogP contribution >= 0.6 is 0 Å². The molecule has 1 unspecified atom stereocenters. The van der Waals surface area contributed by atoms with Crippen LogP contribution in [0.1, 0.15) is 46.0 Å². The van der Waals surface area contributed by atoms with Gasteiger partial charge in [-0.3, -0.25) is 9.59 Å². The number of carboxylic acids is 1. The molecule has 88 valence electrons. The molecule has 0 aliphatic rings. The maximum atomic E-state index is 11.5. The average molecular weight is 216 g/mol. The van der Waals surface area contributed by atoms with Crippen molar-refractivity contribution in [2.75, 3.05) is 0 Å². The van der Waals surface area contributed by atoms with Gasteiger partial charge in [-0.05, 0) is 12.8 Å². The number of carboxylic acid groups (broad SMARTS) is 1. The molecule has 4 nitrogen and oxygen atoms in total. The molecular formula is C11H22NO3+. The zero-order valence-electron chi connectivity index (χ0n) is 9.66. The quantitative estimate of drug-likeness (QED) is 0.590. The fourth-order valence-corrected chi connectivity index (χ4v) is 1.31. The first-order chi connectivity index (χ1) is 6.95. The number of ketones is 1. The molecule has 0 rings (SSSR count). The Labute approximate surface area is 90.8 Å². The highest BCUT2D eigenvalue weighted by Crippen LogP contribution is 2.07. The Bertz CT molecular complexity index is 214. The van der Waals surface area contributed by atoms with Crippen molar-refractivity contribution in [1.82, 2.24) is 0 Å². The minimum Gasteiger partial charge on any atom is -0.481 e. The van der Waals surface area contributed by atoms with Gasteiger partial charge in [-0.25, -0.2) is 0 Å². The second kappa shape index (κ2) is 7.40. The molecular weight excluding hydrogens is 194 g/mol. The summed E-state index contributed by atoms with van der Waals surface area (Å²) in [5.74, 6) is -0.282. The van der Waals surface area contributed by atoms with E-state index in [1.165, 1.54) is 0 Å². The monoisotopic (exact) mass is 216 g/mol. The summed E-state index contributed by atoms with van der Waals surface area (Å²) in [5, 5.41) is 8.41. The molecule has 0 aliphatic carbocycles. The van der Waals surface area contributed by atoms with E-state index in [2.05, 4.69) is 5.73 Å². The van der Waals surface area contributed by atoms with Crippen molar-refractivity contribution in [2.24, 2.45) is 5.92 Å². The van der Waals surface area contributed by atoms with Crippen molar-refractivity contribution in [3.05, 3.63) is 0 Å². The van der Waals surface area contributed by atoms with Crippen molar-refractivity contribution in [2.45, 2.75) is 52.0 Å². The molecule has 0 aromatic rings. The summed E-state index contributed by atoms with van der Waals surface area (Å²) in [5.41, 5.74) is 3.82. The van der Waals surface area contributed by atoms with Gasteiger partial charge in [-0.1, -0.05) is 20.3 Å². The van der Waals surface area contributed by atoms with E-state index in [9.17, 15) is 9.59 Å². The first kappa shape index (κ1) is 14.1. The van der Waals surface area contributed by atoms with E-state index in [-0.39, 0.29) is 24.2 Å². The molecule has 0 saturated heterocycles. The maximum Gasteiger partial charge on any atom is 0.303 e. The normalized spacial score (nSPS) is 12.8. The second-order valence-corrected chi connectivity index (χ2v) is 4.27. The summed E-state index contributed by atoms with van der Waals surface area (Å²) < 4.78 is 0. The van der Waals surface area contributed by atoms with Crippen LogP contribution in [0, 0.1) is 5.92 Å². The van der Waals surface area contributed by atoms with E-state index in [0.717, 1.165) is 12.8 Å². The third kappa shape index (κ3) is 7.08. The second-order valence-electron chi connectivity index (χ2n) is 4.27. The van der Waals surface area contributed by atoms with Gasteiger partial charge in [0.25, 0.3) is 0 Å². The fourth-order valence-electron chi connectivity index (χ4n) is 1.31. The smallest absolute Gasteiger partial charge is 0.303 e. The third-order valence-corrected chi connectivity index (χ3v) is 2.53. The van der Waals surface area contributed by atoms with E-state index >= 15 is 0 Å². The molecule has 0 aromatic carbocycles. The Morgan fingerprint density at radius 3 is 2.13 bits per heavy atom. The van der Waals surface area contributed by atoms with Crippen LogP contribution in [0.5, 0.6) is 0 Å². The standard InChI is InChI=1S/C11H21NO3/c1-8(2)11(12)9(13)6-4-3-5-7-10(14)15/h8,11H,3-7,12H2,1-2H3,(H,14,15)/p+1. The van der Waals surface area contributed by atoms with Gasteiger partial charge in [-0.15, -0.1) is 0 Å². The molecule has 0 heterocycles. The minimum absolute atomic E-state index is 0.121. The maximum absolute atomic E-state index is 11.5. The Balaban J connectivity index is 3.51. The molecule has 15 heavy (non-hydrogen) atoms. The first-order valence-corrected chi connectivity index (χ1v) is 5.52. The van der Waals surface area contributed by atoms with Gasteiger partial charge in [0.1, 0.15) is 6.04 Å². The zero-order valence-corrected chi connectivity index (χ0v) is 9.66. The summed E-state index contributed by atoms with van der Waals surface area (Å²) >= 11 is 0. The van der Waals surface area contributed by atoms with Gasteiger partial charge in [0.05, 0.1) is 0 Å². The number of hydrogen-bond donors (Lipinski definition) is 2. The van der Waals surface area contributed by atoms with Crippen LogP contribution in [-0.4, -0.2) is 22.9 Å². The lowest BCUT2D eigenvalue weighted by molar-refractivity contribution is -0.413. The number of Topliss-reactive ketones (excluding diaryl/α,β-unsaturated/α-hetero) is 1. The van der Waals surface area contributed by atoms with Crippen LogP contribution in [0.3, 0.4) is 0 Å². The van der Waals surface area contributed by atoms with E-state index in [1.54, 1.807) is 0 Å². The van der Waals surface area contributed by atoms with E-state index < -0.39 is 5.97 Å². The zero-order chi connectivity index (χ0) is 11.8. The highest BCUT2D eigenvalue weighted by Gasteiger charge is 2.19. The topological polar surface area (TPSA) is 82.0 Å². The molecule has 4 N–H and O–H groups in total. The molecule has 0 spiro atoms. The van der Waals surface area contributed by atoms with E-state index in [1.807, 2.05) is 13.8 Å². The van der Waals surface area contributed by atoms with E-state index in [0.29, 0.717) is 12.8 Å². The molecule has 0 fully saturated rings. The Kier molecular flexibility index (Phi) is 6.96. The highest BCUT2D eigenvalue weighted by atomic mass is 16.4. The van der Waals surface area contributed by atoms with Crippen LogP contribution in [0.15, 0.2) is 0 Å². The molecule has 0 saturated carbocycles. The van der Waals surface area contributed by atoms with Crippen LogP contribution in [0.2, 0.25) is 0 Å². The van der Waals surface area contributed by atoms with Gasteiger partial charge in [0, 0.05) is 18.8 Å². The average Bonchev–Trinajstić information content (AvgIpc) is 2.15. The molecule has 4 heteroatoms. The number of unbranched alkanes of at least 4 members (excludes halogenated alkanes) is 2. The molecule has 0 aromatic heterocycles. The number of carbonyl (C=O) groups excluding carboxylic acids is 1. The summed E-state index contributed by atoms with van der Waals surface area (Å²) in [6, 6.07) is -0.121. The lowest BCUT2D eigenvalue weighted by Gasteiger charge is -2.10. The SMILES string of the molecule is CC(C)C([NH3+])C(=O)CCCCCC(=O)O. The predicted molar refractivity (Wildman–Crippen MR) is 57.2 cm³/mol. The predicted octanol–water partition coefficient (Wildman–Crippen LogP) is 0.857. The fraction of sp³-hybridized carbons (Fsp3) is 0.818. The number of quaternary nitrogens is 1. The number of hydrogen-bond acceptors (Lipinski definition) is 2. The third-order valence-electron chi connectivity index (χ3n) is 2.53. The summed E-state index contributed by atoms with van der Waals surface area (Å²) in [6.07, 6.45) is 2.98. The number of rotatable bonds is 8. The van der Waals surface area contributed by atoms with Crippen molar-refractivity contribution in [3.63, 3.8) is 0 Å². The Morgan fingerprint density at radius 2 is 1.67 bits per heavy atom. The van der Waals surface area contributed by atoms with Crippen LogP contribution in [0.25, 0.3) is 0 Å². The van der Waals surface area contributed by atoms with Gasteiger partial charge in [-0.2, -0.15) is 0 Å². The van der Waals surface area contributed by atoms with Crippen molar-refractivity contribution >= 4 is 11.8 Å². The summed E-state index contributed by atoms with van der Waals surface area (Å²) in [6.45, 7) is 3.97. The van der Waals surface area contributed by atoms with Gasteiger partial charge in [0.2, 0.25) is 0 Å². The van der Waals surface area contributed by atoms with Gasteiger partial charge in [0.15, 0.2) is 5.78 Å². The Hall–Kier alpha value is -0.900. The lowest BCUT2D eigenvalue weighted by atomic mass is 9.97. The highest BCUT2D eigenvalue weighted by molar-refractivity contribution is 5.82. The van der Waals surface area contributed by atoms with Crippen molar-refractivity contribution < 1.29 is 20.4 Å². The minimum atomic E-state index is -0.765. The molecule has 0 radical (unpaired) electrons. The van der Waals surface area contributed by atoms with Gasteiger partial charge >= 0.3 is 5.97 Å². The molecule has 0 amide bonds. The van der Waals surface area contributed by atoms with Crippen LogP contribution in [0.4, 0.5) is 0 Å². The summed E-state index contributed by atoms with van der Waals surface area (Å²) in [7, 11) is 0. The van der Waals surface area contributed by atoms with E-state index in [4.69, 9.17) is 5.11 Å². The Morgan fingerprint density at radius 1 is 1.13 bits per heavy atom. The lowest BCUT2D eigenvalue weighted by Crippen LogP contribution is -2.67. The van der Waals surface area contributed by atoms with Crippen LogP contribution < -0.4 is 5.73 Å². The molecule has 0 aliphatic heterocycles. The van der Waals surface area contributed by atoms with Gasteiger partial charge < -0.3 is 10.8 Å².